The van der Waals surface area contributed by atoms with Gasteiger partial charge in [-0.3, -0.25) is 4.79 Å². The molecule has 0 radical (unpaired) electrons. The van der Waals surface area contributed by atoms with Gasteiger partial charge in [0, 0.05) is 23.1 Å². The van der Waals surface area contributed by atoms with Crippen molar-refractivity contribution < 1.29 is 4.79 Å². The van der Waals surface area contributed by atoms with Crippen LogP contribution in [0.3, 0.4) is 0 Å². The summed E-state index contributed by atoms with van der Waals surface area (Å²) in [6, 6.07) is 11.9. The number of aryl methyl sites for hydroxylation is 1. The van der Waals surface area contributed by atoms with Gasteiger partial charge in [-0.1, -0.05) is 18.2 Å². The molecule has 21 heavy (non-hydrogen) atoms. The fourth-order valence-corrected chi connectivity index (χ4v) is 3.82. The Hall–Kier alpha value is -1.98. The largest absolute Gasteiger partial charge is 0.326 e. The average Bonchev–Trinajstić information content (AvgIpc) is 3.08. The number of nitrogens with zero attached hydrogens (tertiary/aromatic N) is 1. The van der Waals surface area contributed by atoms with E-state index in [2.05, 4.69) is 23.7 Å². The molecule has 3 aromatic rings. The van der Waals surface area contributed by atoms with Crippen molar-refractivity contribution in [3.63, 3.8) is 0 Å². The zero-order chi connectivity index (χ0) is 14.8. The fraction of sp³-hybridized carbons (Fsp3) is 0.125. The van der Waals surface area contributed by atoms with Crippen molar-refractivity contribution in [2.24, 2.45) is 0 Å². The molecular formula is C16H14N2OS2. The Morgan fingerprint density at radius 2 is 1.95 bits per heavy atom. The van der Waals surface area contributed by atoms with Gasteiger partial charge in [0.15, 0.2) is 0 Å². The second-order valence-electron chi connectivity index (χ2n) is 4.66. The summed E-state index contributed by atoms with van der Waals surface area (Å²) in [7, 11) is 0. The second kappa shape index (κ2) is 5.79. The molecular weight excluding hydrogens is 300 g/mol. The molecule has 0 atom stereocenters. The number of amides is 1. The van der Waals surface area contributed by atoms with Gasteiger partial charge in [-0.2, -0.15) is 0 Å². The molecule has 1 amide bonds. The first-order chi connectivity index (χ1) is 10.1. The number of anilines is 1. The van der Waals surface area contributed by atoms with Gasteiger partial charge in [-0.25, -0.2) is 4.98 Å². The van der Waals surface area contributed by atoms with Gasteiger partial charge in [0.1, 0.15) is 5.01 Å². The minimum Gasteiger partial charge on any atom is -0.326 e. The van der Waals surface area contributed by atoms with Crippen LogP contribution in [0.5, 0.6) is 0 Å². The average molecular weight is 314 g/mol. The summed E-state index contributed by atoms with van der Waals surface area (Å²) in [5.41, 5.74) is 2.89. The first-order valence-corrected chi connectivity index (χ1v) is 8.22. The van der Waals surface area contributed by atoms with Crippen molar-refractivity contribution in [3.8, 4) is 21.1 Å². The second-order valence-corrected chi connectivity index (χ2v) is 6.81. The maximum Gasteiger partial charge on any atom is 0.221 e. The van der Waals surface area contributed by atoms with Crippen LogP contribution in [0.1, 0.15) is 11.8 Å². The number of hydrogen-bond donors (Lipinski definition) is 1. The number of carbonyl (C=O) groups is 1. The molecule has 0 aliphatic carbocycles. The first kappa shape index (κ1) is 14.0. The van der Waals surface area contributed by atoms with Crippen molar-refractivity contribution in [1.29, 1.82) is 0 Å². The van der Waals surface area contributed by atoms with Gasteiger partial charge in [-0.15, -0.1) is 22.7 Å². The van der Waals surface area contributed by atoms with E-state index in [0.717, 1.165) is 22.0 Å². The van der Waals surface area contributed by atoms with E-state index in [9.17, 15) is 4.79 Å². The summed E-state index contributed by atoms with van der Waals surface area (Å²) in [6.45, 7) is 3.59. The third kappa shape index (κ3) is 3.04. The van der Waals surface area contributed by atoms with Crippen LogP contribution in [0.4, 0.5) is 5.69 Å². The van der Waals surface area contributed by atoms with Crippen LogP contribution in [-0.2, 0) is 4.79 Å². The molecule has 106 valence electrons. The topological polar surface area (TPSA) is 42.0 Å². The molecule has 1 N–H and O–H groups in total. The Morgan fingerprint density at radius 1 is 1.19 bits per heavy atom. The van der Waals surface area contributed by atoms with E-state index in [0.29, 0.717) is 0 Å². The predicted octanol–water partition coefficient (Wildman–Crippen LogP) is 4.81. The number of aromatic nitrogens is 1. The van der Waals surface area contributed by atoms with E-state index in [1.54, 1.807) is 22.7 Å². The maximum atomic E-state index is 11.0. The van der Waals surface area contributed by atoms with Gasteiger partial charge >= 0.3 is 0 Å². The Labute approximate surface area is 131 Å². The van der Waals surface area contributed by atoms with Crippen molar-refractivity contribution in [1.82, 2.24) is 4.98 Å². The van der Waals surface area contributed by atoms with Crippen molar-refractivity contribution >= 4 is 34.3 Å². The molecule has 2 aromatic heterocycles. The Morgan fingerprint density at radius 3 is 2.57 bits per heavy atom. The summed E-state index contributed by atoms with van der Waals surface area (Å²) >= 11 is 3.41. The molecule has 0 saturated heterocycles. The van der Waals surface area contributed by atoms with Gasteiger partial charge in [0.2, 0.25) is 5.91 Å². The van der Waals surface area contributed by atoms with E-state index in [1.165, 1.54) is 16.7 Å². The normalized spacial score (nSPS) is 10.6. The van der Waals surface area contributed by atoms with E-state index in [-0.39, 0.29) is 5.91 Å². The smallest absolute Gasteiger partial charge is 0.221 e. The van der Waals surface area contributed by atoms with E-state index in [1.807, 2.05) is 30.3 Å². The van der Waals surface area contributed by atoms with Gasteiger partial charge < -0.3 is 5.32 Å². The number of thiophene rings is 1. The lowest BCUT2D eigenvalue weighted by Crippen LogP contribution is -2.05. The highest BCUT2D eigenvalue weighted by Gasteiger charge is 2.12. The molecule has 0 aliphatic heterocycles. The zero-order valence-corrected chi connectivity index (χ0v) is 13.3. The van der Waals surface area contributed by atoms with Gasteiger partial charge in [-0.05, 0) is 30.5 Å². The monoisotopic (exact) mass is 314 g/mol. The Kier molecular flexibility index (Phi) is 3.86. The van der Waals surface area contributed by atoms with Crippen LogP contribution in [-0.4, -0.2) is 10.9 Å². The summed E-state index contributed by atoms with van der Waals surface area (Å²) in [5.74, 6) is -0.0624. The van der Waals surface area contributed by atoms with E-state index >= 15 is 0 Å². The highest BCUT2D eigenvalue weighted by Crippen LogP contribution is 2.35. The lowest BCUT2D eigenvalue weighted by molar-refractivity contribution is -0.114. The van der Waals surface area contributed by atoms with E-state index in [4.69, 9.17) is 4.98 Å². The van der Waals surface area contributed by atoms with Crippen LogP contribution in [0.25, 0.3) is 21.1 Å². The van der Waals surface area contributed by atoms with Crippen LogP contribution < -0.4 is 5.32 Å². The Bertz CT molecular complexity index is 758. The quantitative estimate of drug-likeness (QED) is 0.754. The van der Waals surface area contributed by atoms with E-state index < -0.39 is 0 Å². The van der Waals surface area contributed by atoms with Gasteiger partial charge in [0.25, 0.3) is 0 Å². The molecule has 3 nitrogen and oxygen atoms in total. The van der Waals surface area contributed by atoms with Crippen molar-refractivity contribution in [3.05, 3.63) is 46.7 Å². The highest BCUT2D eigenvalue weighted by molar-refractivity contribution is 7.21. The summed E-state index contributed by atoms with van der Waals surface area (Å²) in [6.07, 6.45) is 0. The first-order valence-electron chi connectivity index (χ1n) is 6.53. The third-order valence-corrected chi connectivity index (χ3v) is 5.02. The fourth-order valence-electron chi connectivity index (χ4n) is 2.08. The minimum absolute atomic E-state index is 0.0624. The SMILES string of the molecule is CC(=O)Nc1ccc(-c2nc(-c3cccs3)sc2C)cc1. The zero-order valence-electron chi connectivity index (χ0n) is 11.7. The van der Waals surface area contributed by atoms with Crippen LogP contribution in [0.15, 0.2) is 41.8 Å². The van der Waals surface area contributed by atoms with Gasteiger partial charge in [0.05, 0.1) is 10.6 Å². The standard InChI is InChI=1S/C16H14N2OS2/c1-10-15(18-16(21-10)14-4-3-9-20-14)12-5-7-13(8-6-12)17-11(2)19/h3-9H,1-2H3,(H,17,19). The predicted molar refractivity (Wildman–Crippen MR) is 89.9 cm³/mol. The number of benzene rings is 1. The number of hydrogen-bond acceptors (Lipinski definition) is 4. The molecule has 0 aliphatic rings. The molecule has 1 aromatic carbocycles. The molecule has 0 bridgehead atoms. The lowest BCUT2D eigenvalue weighted by atomic mass is 10.1. The van der Waals surface area contributed by atoms with Crippen LogP contribution >= 0.6 is 22.7 Å². The van der Waals surface area contributed by atoms with Crippen molar-refractivity contribution in [2.75, 3.05) is 5.32 Å². The lowest BCUT2D eigenvalue weighted by Gasteiger charge is -2.03. The number of carbonyl (C=O) groups excluding carboxylic acids is 1. The molecule has 2 heterocycles. The molecule has 0 spiro atoms. The van der Waals surface area contributed by atoms with Crippen molar-refractivity contribution in [2.45, 2.75) is 13.8 Å². The number of nitrogens with one attached hydrogen (secondary N) is 1. The third-order valence-electron chi connectivity index (χ3n) is 3.01. The highest BCUT2D eigenvalue weighted by atomic mass is 32.1. The molecule has 0 fully saturated rings. The Balaban J connectivity index is 1.92. The molecule has 3 rings (SSSR count). The minimum atomic E-state index is -0.0624. The maximum absolute atomic E-state index is 11.0. The molecule has 0 saturated carbocycles. The summed E-state index contributed by atoms with van der Waals surface area (Å²) < 4.78 is 0. The summed E-state index contributed by atoms with van der Waals surface area (Å²) in [5, 5.41) is 5.89. The molecule has 5 heteroatoms. The number of rotatable bonds is 3. The van der Waals surface area contributed by atoms with Crippen LogP contribution in [0, 0.1) is 6.92 Å². The van der Waals surface area contributed by atoms with Crippen LogP contribution in [0.2, 0.25) is 0 Å². The summed E-state index contributed by atoms with van der Waals surface area (Å²) in [4.78, 5) is 18.2. The molecule has 0 unspecified atom stereocenters. The number of thiazole rings is 1.